The second kappa shape index (κ2) is 6.11. The number of fused-ring (bicyclic) bond motifs is 1. The Morgan fingerprint density at radius 1 is 0.895 bits per heavy atom. The smallest absolute Gasteiger partial charge is 0.0251 e. The summed E-state index contributed by atoms with van der Waals surface area (Å²) < 4.78 is 0. The van der Waals surface area contributed by atoms with Crippen molar-refractivity contribution in [2.75, 3.05) is 19.6 Å². The molecule has 0 bridgehead atoms. The molecular formula is C16H31N3. The van der Waals surface area contributed by atoms with E-state index in [0.717, 1.165) is 6.04 Å². The zero-order chi connectivity index (χ0) is 13.2. The fourth-order valence-corrected chi connectivity index (χ4v) is 4.57. The molecule has 0 aromatic carbocycles. The number of hydrogen-bond donors (Lipinski definition) is 1. The molecule has 2 heterocycles. The van der Waals surface area contributed by atoms with Gasteiger partial charge in [0.2, 0.25) is 0 Å². The van der Waals surface area contributed by atoms with Gasteiger partial charge in [0.25, 0.3) is 0 Å². The van der Waals surface area contributed by atoms with Crippen molar-refractivity contribution in [3.8, 4) is 0 Å². The van der Waals surface area contributed by atoms with Crippen molar-refractivity contribution >= 4 is 0 Å². The zero-order valence-electron chi connectivity index (χ0n) is 12.6. The first-order valence-electron chi connectivity index (χ1n) is 8.51. The summed E-state index contributed by atoms with van der Waals surface area (Å²) in [6.45, 7) is 6.30. The van der Waals surface area contributed by atoms with Crippen LogP contribution in [-0.4, -0.2) is 53.6 Å². The van der Waals surface area contributed by atoms with Crippen molar-refractivity contribution in [2.24, 2.45) is 5.73 Å². The number of piperazine rings is 1. The Kier molecular flexibility index (Phi) is 4.45. The van der Waals surface area contributed by atoms with Gasteiger partial charge in [0, 0.05) is 37.3 Å². The highest BCUT2D eigenvalue weighted by atomic mass is 15.3. The number of rotatable bonds is 1. The van der Waals surface area contributed by atoms with Gasteiger partial charge < -0.3 is 5.73 Å². The average molecular weight is 265 g/mol. The summed E-state index contributed by atoms with van der Waals surface area (Å²) >= 11 is 0. The quantitative estimate of drug-likeness (QED) is 0.738. The molecule has 0 radical (unpaired) electrons. The lowest BCUT2D eigenvalue weighted by molar-refractivity contribution is -0.0150. The summed E-state index contributed by atoms with van der Waals surface area (Å²) in [6, 6.07) is 2.59. The summed E-state index contributed by atoms with van der Waals surface area (Å²) in [7, 11) is 0. The molecule has 4 unspecified atom stereocenters. The second-order valence-corrected chi connectivity index (χ2v) is 7.06. The van der Waals surface area contributed by atoms with E-state index in [1.165, 1.54) is 71.0 Å². The first kappa shape index (κ1) is 13.8. The highest BCUT2D eigenvalue weighted by Gasteiger charge is 2.38. The van der Waals surface area contributed by atoms with E-state index in [-0.39, 0.29) is 0 Å². The van der Waals surface area contributed by atoms with Crippen LogP contribution in [0.25, 0.3) is 0 Å². The van der Waals surface area contributed by atoms with Crippen LogP contribution in [0.5, 0.6) is 0 Å². The van der Waals surface area contributed by atoms with E-state index >= 15 is 0 Å². The van der Waals surface area contributed by atoms with Gasteiger partial charge in [0.15, 0.2) is 0 Å². The summed E-state index contributed by atoms with van der Waals surface area (Å²) in [4.78, 5) is 5.52. The molecule has 3 heteroatoms. The van der Waals surface area contributed by atoms with Gasteiger partial charge >= 0.3 is 0 Å². The maximum absolute atomic E-state index is 6.48. The maximum Gasteiger partial charge on any atom is 0.0251 e. The van der Waals surface area contributed by atoms with Gasteiger partial charge in [0.1, 0.15) is 0 Å². The molecule has 3 aliphatic rings. The normalized spacial score (nSPS) is 42.6. The lowest BCUT2D eigenvalue weighted by atomic mass is 9.93. The average Bonchev–Trinajstić information content (AvgIpc) is 2.63. The molecule has 0 amide bonds. The first-order chi connectivity index (χ1) is 9.25. The van der Waals surface area contributed by atoms with Crippen molar-refractivity contribution in [1.82, 2.24) is 9.80 Å². The lowest BCUT2D eigenvalue weighted by Crippen LogP contribution is -2.63. The minimum atomic E-state index is 0.417. The van der Waals surface area contributed by atoms with Gasteiger partial charge in [-0.1, -0.05) is 25.7 Å². The molecule has 4 atom stereocenters. The first-order valence-corrected chi connectivity index (χ1v) is 8.51. The van der Waals surface area contributed by atoms with Gasteiger partial charge in [0.05, 0.1) is 0 Å². The van der Waals surface area contributed by atoms with Crippen LogP contribution in [0.4, 0.5) is 0 Å². The van der Waals surface area contributed by atoms with Crippen molar-refractivity contribution in [3.63, 3.8) is 0 Å². The Hall–Kier alpha value is -0.120. The Morgan fingerprint density at radius 2 is 1.68 bits per heavy atom. The van der Waals surface area contributed by atoms with E-state index in [2.05, 4.69) is 16.7 Å². The molecule has 0 aromatic rings. The molecule has 19 heavy (non-hydrogen) atoms. The van der Waals surface area contributed by atoms with Crippen molar-refractivity contribution < 1.29 is 0 Å². The summed E-state index contributed by atoms with van der Waals surface area (Å²) in [5.41, 5.74) is 6.48. The van der Waals surface area contributed by atoms with Crippen LogP contribution in [0.15, 0.2) is 0 Å². The fraction of sp³-hybridized carbons (Fsp3) is 1.00. The molecule has 2 N–H and O–H groups in total. The third kappa shape index (κ3) is 2.98. The molecule has 3 nitrogen and oxygen atoms in total. The Balaban J connectivity index is 1.68. The van der Waals surface area contributed by atoms with Crippen molar-refractivity contribution in [1.29, 1.82) is 0 Å². The molecule has 0 aromatic heterocycles. The highest BCUT2D eigenvalue weighted by molar-refractivity contribution is 4.95. The Labute approximate surface area is 118 Å². The predicted molar refractivity (Wildman–Crippen MR) is 80.2 cm³/mol. The molecule has 3 fully saturated rings. The van der Waals surface area contributed by atoms with E-state index in [1.807, 2.05) is 0 Å². The molecule has 0 spiro atoms. The maximum atomic E-state index is 6.48. The van der Waals surface area contributed by atoms with Gasteiger partial charge in [-0.3, -0.25) is 9.80 Å². The largest absolute Gasteiger partial charge is 0.326 e. The number of piperidine rings is 1. The lowest BCUT2D eigenvalue weighted by Gasteiger charge is -2.51. The second-order valence-electron chi connectivity index (χ2n) is 7.06. The van der Waals surface area contributed by atoms with Crippen LogP contribution < -0.4 is 5.73 Å². The summed E-state index contributed by atoms with van der Waals surface area (Å²) in [6.07, 6.45) is 10.9. The van der Waals surface area contributed by atoms with Crippen LogP contribution in [0, 0.1) is 0 Å². The monoisotopic (exact) mass is 265 g/mol. The number of nitrogens with two attached hydrogens (primary N) is 1. The van der Waals surface area contributed by atoms with Gasteiger partial charge in [-0.15, -0.1) is 0 Å². The SMILES string of the molecule is CC1CN2CCCCC2CN1C1CCCCCC1N. The van der Waals surface area contributed by atoms with Crippen LogP contribution in [0.2, 0.25) is 0 Å². The van der Waals surface area contributed by atoms with Crippen LogP contribution >= 0.6 is 0 Å². The predicted octanol–water partition coefficient (Wildman–Crippen LogP) is 2.21. The van der Waals surface area contributed by atoms with E-state index in [9.17, 15) is 0 Å². The molecule has 3 rings (SSSR count). The van der Waals surface area contributed by atoms with Gasteiger partial charge in [-0.05, 0) is 39.2 Å². The highest BCUT2D eigenvalue weighted by Crippen LogP contribution is 2.29. The van der Waals surface area contributed by atoms with Crippen LogP contribution in [0.1, 0.15) is 58.3 Å². The molecule has 2 aliphatic heterocycles. The Bertz CT molecular complexity index is 294. The standard InChI is InChI=1S/C16H31N3/c1-13-11-18-10-6-5-7-14(18)12-19(13)16-9-4-2-3-8-15(16)17/h13-16H,2-12,17H2,1H3. The third-order valence-electron chi connectivity index (χ3n) is 5.69. The third-order valence-corrected chi connectivity index (χ3v) is 5.69. The van der Waals surface area contributed by atoms with E-state index in [0.29, 0.717) is 18.1 Å². The van der Waals surface area contributed by atoms with E-state index < -0.39 is 0 Å². The molecule has 110 valence electrons. The molecular weight excluding hydrogens is 234 g/mol. The number of nitrogens with zero attached hydrogens (tertiary/aromatic N) is 2. The van der Waals surface area contributed by atoms with Gasteiger partial charge in [-0.25, -0.2) is 0 Å². The molecule has 2 saturated heterocycles. The van der Waals surface area contributed by atoms with Crippen LogP contribution in [0.3, 0.4) is 0 Å². The molecule has 1 saturated carbocycles. The zero-order valence-corrected chi connectivity index (χ0v) is 12.6. The summed E-state index contributed by atoms with van der Waals surface area (Å²) in [5.74, 6) is 0. The van der Waals surface area contributed by atoms with Gasteiger partial charge in [-0.2, -0.15) is 0 Å². The minimum absolute atomic E-state index is 0.417. The van der Waals surface area contributed by atoms with Crippen molar-refractivity contribution in [3.05, 3.63) is 0 Å². The topological polar surface area (TPSA) is 32.5 Å². The van der Waals surface area contributed by atoms with E-state index in [4.69, 9.17) is 5.73 Å². The molecule has 1 aliphatic carbocycles. The van der Waals surface area contributed by atoms with E-state index in [1.54, 1.807) is 0 Å². The summed E-state index contributed by atoms with van der Waals surface area (Å²) in [5, 5.41) is 0. The van der Waals surface area contributed by atoms with Crippen LogP contribution in [-0.2, 0) is 0 Å². The Morgan fingerprint density at radius 3 is 2.58 bits per heavy atom. The fourth-order valence-electron chi connectivity index (χ4n) is 4.57. The van der Waals surface area contributed by atoms with Crippen molar-refractivity contribution in [2.45, 2.75) is 82.5 Å². The number of hydrogen-bond acceptors (Lipinski definition) is 3. The minimum Gasteiger partial charge on any atom is -0.326 e.